The third-order valence-corrected chi connectivity index (χ3v) is 3.69. The lowest BCUT2D eigenvalue weighted by Gasteiger charge is -2.35. The minimum absolute atomic E-state index is 0.288. The maximum absolute atomic E-state index is 5.14. The summed E-state index contributed by atoms with van der Waals surface area (Å²) >= 11 is 0. The molecular weight excluding hydrogens is 200 g/mol. The van der Waals surface area contributed by atoms with Crippen LogP contribution in [0.25, 0.3) is 0 Å². The summed E-state index contributed by atoms with van der Waals surface area (Å²) in [4.78, 5) is 5.05. The number of likely N-dealkylation sites (tertiary alicyclic amines) is 1. The molecular formula is C13H28N2O. The van der Waals surface area contributed by atoms with Crippen molar-refractivity contribution in [1.82, 2.24) is 9.80 Å². The maximum Gasteiger partial charge on any atom is 0.0589 e. The fourth-order valence-corrected chi connectivity index (χ4v) is 2.67. The van der Waals surface area contributed by atoms with Gasteiger partial charge in [0.1, 0.15) is 0 Å². The van der Waals surface area contributed by atoms with Gasteiger partial charge in [-0.05, 0) is 41.2 Å². The van der Waals surface area contributed by atoms with E-state index >= 15 is 0 Å². The average molecular weight is 228 g/mol. The second-order valence-electron chi connectivity index (χ2n) is 6.04. The molecule has 1 heterocycles. The molecule has 1 fully saturated rings. The van der Waals surface area contributed by atoms with Gasteiger partial charge >= 0.3 is 0 Å². The molecule has 16 heavy (non-hydrogen) atoms. The summed E-state index contributed by atoms with van der Waals surface area (Å²) in [6.45, 7) is 12.3. The molecule has 1 aliphatic rings. The van der Waals surface area contributed by atoms with Gasteiger partial charge in [0, 0.05) is 37.8 Å². The summed E-state index contributed by atoms with van der Waals surface area (Å²) in [5.74, 6) is 0. The quantitative estimate of drug-likeness (QED) is 0.730. The van der Waals surface area contributed by atoms with Gasteiger partial charge in [0.25, 0.3) is 0 Å². The molecule has 0 spiro atoms. The molecule has 96 valence electrons. The van der Waals surface area contributed by atoms with Crippen LogP contribution >= 0.6 is 0 Å². The molecule has 0 radical (unpaired) electrons. The molecule has 0 aromatic rings. The number of hydrogen-bond acceptors (Lipinski definition) is 3. The lowest BCUT2D eigenvalue weighted by molar-refractivity contribution is 0.111. The van der Waals surface area contributed by atoms with Gasteiger partial charge in [-0.15, -0.1) is 0 Å². The Balaban J connectivity index is 2.49. The zero-order valence-corrected chi connectivity index (χ0v) is 11.8. The lowest BCUT2D eigenvalue weighted by Crippen LogP contribution is -2.45. The molecule has 0 bridgehead atoms. The fraction of sp³-hybridized carbons (Fsp3) is 1.00. The largest absolute Gasteiger partial charge is 0.383 e. The second kappa shape index (κ2) is 5.48. The first kappa shape index (κ1) is 13.9. The maximum atomic E-state index is 5.14. The summed E-state index contributed by atoms with van der Waals surface area (Å²) in [5, 5.41) is 0. The first-order valence-electron chi connectivity index (χ1n) is 6.32. The first-order valence-corrected chi connectivity index (χ1v) is 6.32. The summed E-state index contributed by atoms with van der Waals surface area (Å²) < 4.78 is 5.14. The van der Waals surface area contributed by atoms with Gasteiger partial charge < -0.3 is 4.74 Å². The van der Waals surface area contributed by atoms with E-state index in [1.807, 2.05) is 0 Å². The van der Waals surface area contributed by atoms with Crippen LogP contribution in [0.3, 0.4) is 0 Å². The van der Waals surface area contributed by atoms with Crippen LogP contribution in [0, 0.1) is 0 Å². The molecule has 2 atom stereocenters. The molecule has 0 aliphatic carbocycles. The van der Waals surface area contributed by atoms with E-state index in [0.717, 1.165) is 13.2 Å². The van der Waals surface area contributed by atoms with Gasteiger partial charge in [-0.2, -0.15) is 0 Å². The van der Waals surface area contributed by atoms with Crippen molar-refractivity contribution < 1.29 is 4.74 Å². The predicted octanol–water partition coefficient (Wildman–Crippen LogP) is 1.83. The summed E-state index contributed by atoms with van der Waals surface area (Å²) in [6, 6.07) is 1.37. The summed E-state index contributed by atoms with van der Waals surface area (Å²) in [6.07, 6.45) is 1.28. The minimum Gasteiger partial charge on any atom is -0.383 e. The number of likely N-dealkylation sites (N-methyl/N-ethyl adjacent to an activating group) is 1. The lowest BCUT2D eigenvalue weighted by atomic mass is 10.1. The number of nitrogens with zero attached hydrogens (tertiary/aromatic N) is 2. The molecule has 0 aromatic heterocycles. The molecule has 1 aliphatic heterocycles. The van der Waals surface area contributed by atoms with Crippen molar-refractivity contribution in [2.45, 2.75) is 51.7 Å². The van der Waals surface area contributed by atoms with Crippen molar-refractivity contribution in [2.24, 2.45) is 0 Å². The number of methoxy groups -OCH3 is 1. The van der Waals surface area contributed by atoms with Crippen LogP contribution in [0.2, 0.25) is 0 Å². The Hall–Kier alpha value is -0.120. The van der Waals surface area contributed by atoms with Gasteiger partial charge in [-0.3, -0.25) is 9.80 Å². The van der Waals surface area contributed by atoms with E-state index < -0.39 is 0 Å². The van der Waals surface area contributed by atoms with Gasteiger partial charge in [0.05, 0.1) is 6.61 Å². The Morgan fingerprint density at radius 2 is 2.00 bits per heavy atom. The molecule has 1 rings (SSSR count). The standard InChI is InChI=1S/C13H28N2O/c1-11-9-12(14(5)7-8-16-6)10-15(11)13(2,3)4/h11-12H,7-10H2,1-6H3/t11?,12-/m0/s1. The molecule has 0 N–H and O–H groups in total. The van der Waals surface area contributed by atoms with Crippen molar-refractivity contribution >= 4 is 0 Å². The molecule has 3 heteroatoms. The van der Waals surface area contributed by atoms with Crippen molar-refractivity contribution in [3.63, 3.8) is 0 Å². The van der Waals surface area contributed by atoms with E-state index in [9.17, 15) is 0 Å². The summed E-state index contributed by atoms with van der Waals surface area (Å²) in [7, 11) is 3.98. The Bertz CT molecular complexity index is 212. The average Bonchev–Trinajstić information content (AvgIpc) is 2.56. The van der Waals surface area contributed by atoms with Crippen LogP contribution in [0.5, 0.6) is 0 Å². The minimum atomic E-state index is 0.288. The van der Waals surface area contributed by atoms with Crippen LogP contribution in [0.4, 0.5) is 0 Å². The Morgan fingerprint density at radius 1 is 1.38 bits per heavy atom. The monoisotopic (exact) mass is 228 g/mol. The highest BCUT2D eigenvalue weighted by Crippen LogP contribution is 2.28. The topological polar surface area (TPSA) is 15.7 Å². The van der Waals surface area contributed by atoms with Crippen LogP contribution in [-0.2, 0) is 4.74 Å². The van der Waals surface area contributed by atoms with Gasteiger partial charge in [-0.25, -0.2) is 0 Å². The smallest absolute Gasteiger partial charge is 0.0589 e. The van der Waals surface area contributed by atoms with Gasteiger partial charge in [-0.1, -0.05) is 0 Å². The Kier molecular flexibility index (Phi) is 4.77. The fourth-order valence-electron chi connectivity index (χ4n) is 2.67. The van der Waals surface area contributed by atoms with Crippen LogP contribution in [-0.4, -0.2) is 61.3 Å². The highest BCUT2D eigenvalue weighted by molar-refractivity contribution is 4.93. The van der Waals surface area contributed by atoms with Crippen molar-refractivity contribution in [1.29, 1.82) is 0 Å². The van der Waals surface area contributed by atoms with Crippen molar-refractivity contribution in [2.75, 3.05) is 33.9 Å². The number of hydrogen-bond donors (Lipinski definition) is 0. The number of rotatable bonds is 4. The highest BCUT2D eigenvalue weighted by Gasteiger charge is 2.36. The second-order valence-corrected chi connectivity index (χ2v) is 6.04. The molecule has 0 aromatic carbocycles. The highest BCUT2D eigenvalue weighted by atomic mass is 16.5. The van der Waals surface area contributed by atoms with Crippen molar-refractivity contribution in [3.05, 3.63) is 0 Å². The van der Waals surface area contributed by atoms with E-state index in [1.54, 1.807) is 7.11 Å². The van der Waals surface area contributed by atoms with E-state index in [1.165, 1.54) is 13.0 Å². The Morgan fingerprint density at radius 3 is 2.44 bits per heavy atom. The molecule has 0 saturated carbocycles. The van der Waals surface area contributed by atoms with Crippen molar-refractivity contribution in [3.8, 4) is 0 Å². The number of ether oxygens (including phenoxy) is 1. The van der Waals surface area contributed by atoms with Crippen LogP contribution in [0.1, 0.15) is 34.1 Å². The van der Waals surface area contributed by atoms with Gasteiger partial charge in [0.15, 0.2) is 0 Å². The zero-order valence-electron chi connectivity index (χ0n) is 11.8. The van der Waals surface area contributed by atoms with E-state index in [4.69, 9.17) is 4.74 Å². The normalized spacial score (nSPS) is 27.9. The Labute approximate surface area is 101 Å². The van der Waals surface area contributed by atoms with E-state index in [2.05, 4.69) is 44.5 Å². The zero-order chi connectivity index (χ0) is 12.3. The molecule has 0 amide bonds. The van der Waals surface area contributed by atoms with Crippen LogP contribution < -0.4 is 0 Å². The third-order valence-electron chi connectivity index (χ3n) is 3.69. The molecule has 3 nitrogen and oxygen atoms in total. The SMILES string of the molecule is COCCN(C)[C@H]1CC(C)N(C(C)(C)C)C1. The van der Waals surface area contributed by atoms with Gasteiger partial charge in [0.2, 0.25) is 0 Å². The van der Waals surface area contributed by atoms with E-state index in [-0.39, 0.29) is 5.54 Å². The van der Waals surface area contributed by atoms with E-state index in [0.29, 0.717) is 12.1 Å². The third kappa shape index (κ3) is 3.44. The summed E-state index contributed by atoms with van der Waals surface area (Å²) in [5.41, 5.74) is 0.288. The predicted molar refractivity (Wildman–Crippen MR) is 68.8 cm³/mol. The molecule has 1 unspecified atom stereocenters. The van der Waals surface area contributed by atoms with Crippen LogP contribution in [0.15, 0.2) is 0 Å². The first-order chi connectivity index (χ1) is 7.36. The molecule has 1 saturated heterocycles.